The van der Waals surface area contributed by atoms with E-state index in [9.17, 15) is 0 Å². The quantitative estimate of drug-likeness (QED) is 0.893. The second kappa shape index (κ2) is 6.02. The van der Waals surface area contributed by atoms with Crippen LogP contribution in [0.2, 0.25) is 0 Å². The number of aryl methyl sites for hydroxylation is 2. The van der Waals surface area contributed by atoms with Crippen molar-refractivity contribution in [2.45, 2.75) is 46.6 Å². The summed E-state index contributed by atoms with van der Waals surface area (Å²) in [5.74, 6) is 0. The molecule has 0 bridgehead atoms. The largest absolute Gasteiger partial charge is 0.326 e. The minimum atomic E-state index is 0.548. The van der Waals surface area contributed by atoms with Crippen molar-refractivity contribution in [1.82, 2.24) is 9.78 Å². The van der Waals surface area contributed by atoms with E-state index in [0.717, 1.165) is 29.1 Å². The summed E-state index contributed by atoms with van der Waals surface area (Å²) in [6.45, 7) is 6.86. The molecular weight excluding hydrogens is 234 g/mol. The summed E-state index contributed by atoms with van der Waals surface area (Å²) < 4.78 is 1.99. The normalized spacial score (nSPS) is 10.9. The van der Waals surface area contributed by atoms with Crippen molar-refractivity contribution >= 4 is 0 Å². The van der Waals surface area contributed by atoms with Crippen molar-refractivity contribution in [2.75, 3.05) is 0 Å². The minimum Gasteiger partial charge on any atom is -0.326 e. The third-order valence-electron chi connectivity index (χ3n) is 3.65. The van der Waals surface area contributed by atoms with Crippen LogP contribution in [0.4, 0.5) is 0 Å². The van der Waals surface area contributed by atoms with Gasteiger partial charge in [-0.1, -0.05) is 25.5 Å². The van der Waals surface area contributed by atoms with Gasteiger partial charge in [-0.2, -0.15) is 5.10 Å². The topological polar surface area (TPSA) is 43.8 Å². The van der Waals surface area contributed by atoms with Crippen LogP contribution in [0.5, 0.6) is 0 Å². The van der Waals surface area contributed by atoms with Crippen molar-refractivity contribution in [3.8, 4) is 5.69 Å². The highest BCUT2D eigenvalue weighted by Gasteiger charge is 2.10. The Morgan fingerprint density at radius 2 is 1.84 bits per heavy atom. The Hall–Kier alpha value is -1.61. The van der Waals surface area contributed by atoms with Crippen LogP contribution < -0.4 is 5.73 Å². The lowest BCUT2D eigenvalue weighted by molar-refractivity contribution is 0.792. The van der Waals surface area contributed by atoms with E-state index < -0.39 is 0 Å². The van der Waals surface area contributed by atoms with Crippen LogP contribution in [0.15, 0.2) is 24.3 Å². The van der Waals surface area contributed by atoms with E-state index in [-0.39, 0.29) is 0 Å². The molecule has 102 valence electrons. The number of nitrogens with two attached hydrogens (primary N) is 1. The number of benzene rings is 1. The van der Waals surface area contributed by atoms with Crippen LogP contribution in [-0.4, -0.2) is 9.78 Å². The monoisotopic (exact) mass is 257 g/mol. The summed E-state index contributed by atoms with van der Waals surface area (Å²) in [5.41, 5.74) is 11.6. The Bertz CT molecular complexity index is 538. The first-order valence-electron chi connectivity index (χ1n) is 7.01. The number of rotatable bonds is 5. The van der Waals surface area contributed by atoms with Gasteiger partial charge in [0.2, 0.25) is 0 Å². The Morgan fingerprint density at radius 1 is 1.16 bits per heavy atom. The summed E-state index contributed by atoms with van der Waals surface area (Å²) in [4.78, 5) is 0. The minimum absolute atomic E-state index is 0.548. The Balaban J connectivity index is 2.27. The van der Waals surface area contributed by atoms with Gasteiger partial charge in [0.25, 0.3) is 0 Å². The van der Waals surface area contributed by atoms with Gasteiger partial charge in [-0.25, -0.2) is 4.68 Å². The molecule has 0 saturated carbocycles. The van der Waals surface area contributed by atoms with Gasteiger partial charge < -0.3 is 5.73 Å². The first-order valence-corrected chi connectivity index (χ1v) is 7.01. The fourth-order valence-corrected chi connectivity index (χ4v) is 2.41. The van der Waals surface area contributed by atoms with Gasteiger partial charge in [0.1, 0.15) is 0 Å². The maximum Gasteiger partial charge on any atom is 0.0649 e. The average Bonchev–Trinajstić information content (AvgIpc) is 2.72. The molecule has 1 aromatic heterocycles. The second-order valence-corrected chi connectivity index (χ2v) is 5.04. The molecule has 2 aromatic rings. The molecule has 0 aliphatic heterocycles. The summed E-state index contributed by atoms with van der Waals surface area (Å²) in [5, 5.41) is 4.58. The average molecular weight is 257 g/mol. The van der Waals surface area contributed by atoms with E-state index in [1.165, 1.54) is 18.4 Å². The molecule has 2 N–H and O–H groups in total. The first-order chi connectivity index (χ1) is 9.17. The molecular formula is C16H23N3. The number of unbranched alkanes of at least 4 members (excludes halogenated alkanes) is 1. The zero-order chi connectivity index (χ0) is 13.8. The Morgan fingerprint density at radius 3 is 2.37 bits per heavy atom. The van der Waals surface area contributed by atoms with E-state index in [4.69, 9.17) is 5.73 Å². The van der Waals surface area contributed by atoms with Crippen LogP contribution in [-0.2, 0) is 13.0 Å². The van der Waals surface area contributed by atoms with Crippen molar-refractivity contribution in [3.05, 3.63) is 46.8 Å². The Kier molecular flexibility index (Phi) is 4.38. The van der Waals surface area contributed by atoms with Crippen molar-refractivity contribution in [1.29, 1.82) is 0 Å². The molecule has 3 heteroatoms. The fourth-order valence-electron chi connectivity index (χ4n) is 2.41. The van der Waals surface area contributed by atoms with E-state index in [0.29, 0.717) is 6.54 Å². The molecule has 2 rings (SSSR count). The van der Waals surface area contributed by atoms with Crippen molar-refractivity contribution in [2.24, 2.45) is 5.73 Å². The van der Waals surface area contributed by atoms with Crippen molar-refractivity contribution < 1.29 is 0 Å². The lowest BCUT2D eigenvalue weighted by Crippen LogP contribution is -2.02. The predicted molar refractivity (Wildman–Crippen MR) is 79.5 cm³/mol. The molecule has 3 nitrogen and oxygen atoms in total. The SMILES string of the molecule is CCCCc1ccc(-n2nc(C)c(CN)c2C)cc1. The maximum absolute atomic E-state index is 5.77. The predicted octanol–water partition coefficient (Wildman–Crippen LogP) is 3.29. The van der Waals surface area contributed by atoms with Crippen LogP contribution >= 0.6 is 0 Å². The van der Waals surface area contributed by atoms with Gasteiger partial charge >= 0.3 is 0 Å². The molecule has 19 heavy (non-hydrogen) atoms. The zero-order valence-corrected chi connectivity index (χ0v) is 12.1. The highest BCUT2D eigenvalue weighted by Crippen LogP contribution is 2.18. The summed E-state index contributed by atoms with van der Waals surface area (Å²) >= 11 is 0. The molecule has 1 aromatic carbocycles. The van der Waals surface area contributed by atoms with Gasteiger partial charge in [0, 0.05) is 17.8 Å². The molecule has 0 saturated heterocycles. The number of nitrogens with zero attached hydrogens (tertiary/aromatic N) is 2. The van der Waals surface area contributed by atoms with E-state index >= 15 is 0 Å². The van der Waals surface area contributed by atoms with Gasteiger partial charge in [-0.15, -0.1) is 0 Å². The summed E-state index contributed by atoms with van der Waals surface area (Å²) in [6.07, 6.45) is 3.64. The lowest BCUT2D eigenvalue weighted by atomic mass is 10.1. The molecule has 0 atom stereocenters. The first kappa shape index (κ1) is 13.8. The van der Waals surface area contributed by atoms with Gasteiger partial charge in [0.15, 0.2) is 0 Å². The third-order valence-corrected chi connectivity index (χ3v) is 3.65. The van der Waals surface area contributed by atoms with E-state index in [1.54, 1.807) is 0 Å². The Labute approximate surface area is 115 Å². The van der Waals surface area contributed by atoms with Crippen LogP contribution in [0.25, 0.3) is 5.69 Å². The highest BCUT2D eigenvalue weighted by atomic mass is 15.3. The molecule has 0 amide bonds. The second-order valence-electron chi connectivity index (χ2n) is 5.04. The molecule has 0 aliphatic carbocycles. The number of hydrogen-bond donors (Lipinski definition) is 1. The number of aromatic nitrogens is 2. The summed E-state index contributed by atoms with van der Waals surface area (Å²) in [6, 6.07) is 8.68. The number of hydrogen-bond acceptors (Lipinski definition) is 2. The molecule has 0 fully saturated rings. The lowest BCUT2D eigenvalue weighted by Gasteiger charge is -2.06. The summed E-state index contributed by atoms with van der Waals surface area (Å²) in [7, 11) is 0. The third kappa shape index (κ3) is 2.87. The molecule has 1 heterocycles. The highest BCUT2D eigenvalue weighted by molar-refractivity contribution is 5.38. The van der Waals surface area contributed by atoms with Crippen LogP contribution in [0, 0.1) is 13.8 Å². The van der Waals surface area contributed by atoms with E-state index in [1.807, 2.05) is 11.6 Å². The smallest absolute Gasteiger partial charge is 0.0649 e. The molecule has 0 aliphatic rings. The standard InChI is InChI=1S/C16H23N3/c1-4-5-6-14-7-9-15(10-8-14)19-13(3)16(11-17)12(2)18-19/h7-10H,4-6,11,17H2,1-3H3. The van der Waals surface area contributed by atoms with E-state index in [2.05, 4.69) is 43.2 Å². The van der Waals surface area contributed by atoms with Gasteiger partial charge in [-0.3, -0.25) is 0 Å². The molecule has 0 radical (unpaired) electrons. The van der Waals surface area contributed by atoms with Crippen molar-refractivity contribution in [3.63, 3.8) is 0 Å². The van der Waals surface area contributed by atoms with Crippen LogP contribution in [0.3, 0.4) is 0 Å². The molecule has 0 spiro atoms. The van der Waals surface area contributed by atoms with Crippen LogP contribution in [0.1, 0.15) is 42.3 Å². The van der Waals surface area contributed by atoms with Gasteiger partial charge in [-0.05, 0) is 44.4 Å². The van der Waals surface area contributed by atoms with Gasteiger partial charge in [0.05, 0.1) is 11.4 Å². The zero-order valence-electron chi connectivity index (χ0n) is 12.1. The molecule has 0 unspecified atom stereocenters. The fraction of sp³-hybridized carbons (Fsp3) is 0.438. The maximum atomic E-state index is 5.77.